The highest BCUT2D eigenvalue weighted by atomic mass is 35.5. The number of hydrogen-bond acceptors (Lipinski definition) is 3. The van der Waals surface area contributed by atoms with Gasteiger partial charge in [-0.25, -0.2) is 4.79 Å². The quantitative estimate of drug-likeness (QED) is 0.849. The second kappa shape index (κ2) is 7.82. The molecule has 1 amide bonds. The number of ether oxygens (including phenoxy) is 1. The minimum atomic E-state index is -0.817. The number of hydrogen-bond donors (Lipinski definition) is 1. The Kier molecular flexibility index (Phi) is 6.05. The van der Waals surface area contributed by atoms with Crippen molar-refractivity contribution in [2.75, 3.05) is 0 Å². The maximum atomic E-state index is 12.3. The van der Waals surface area contributed by atoms with Crippen LogP contribution >= 0.6 is 11.6 Å². The summed E-state index contributed by atoms with van der Waals surface area (Å²) in [4.78, 5) is 24.3. The maximum absolute atomic E-state index is 12.3. The van der Waals surface area contributed by atoms with E-state index in [0.29, 0.717) is 22.4 Å². The Hall–Kier alpha value is -1.55. The zero-order valence-corrected chi connectivity index (χ0v) is 14.6. The van der Waals surface area contributed by atoms with Gasteiger partial charge in [-0.05, 0) is 49.4 Å². The molecule has 4 nitrogen and oxygen atoms in total. The largest absolute Gasteiger partial charge is 0.449 e. The molecular weight excluding hydrogens is 314 g/mol. The van der Waals surface area contributed by atoms with Crippen molar-refractivity contribution in [2.24, 2.45) is 11.8 Å². The molecule has 4 atom stereocenters. The zero-order chi connectivity index (χ0) is 17.0. The molecule has 1 saturated carbocycles. The number of carbonyl (C=O) groups is 2. The molecule has 1 aromatic carbocycles. The summed E-state index contributed by atoms with van der Waals surface area (Å²) < 4.78 is 5.25. The summed E-state index contributed by atoms with van der Waals surface area (Å²) in [5, 5.41) is 3.58. The third kappa shape index (κ3) is 4.71. The minimum absolute atomic E-state index is 0.155. The first-order chi connectivity index (χ1) is 10.9. The van der Waals surface area contributed by atoms with Crippen molar-refractivity contribution in [1.82, 2.24) is 5.32 Å². The van der Waals surface area contributed by atoms with Crippen LogP contribution in [-0.4, -0.2) is 24.0 Å². The van der Waals surface area contributed by atoms with Gasteiger partial charge < -0.3 is 10.1 Å². The highest BCUT2D eigenvalue weighted by molar-refractivity contribution is 6.30. The molecule has 1 N–H and O–H groups in total. The number of halogens is 1. The molecule has 0 aliphatic heterocycles. The van der Waals surface area contributed by atoms with E-state index in [-0.39, 0.29) is 11.9 Å². The van der Waals surface area contributed by atoms with Gasteiger partial charge in [-0.15, -0.1) is 0 Å². The summed E-state index contributed by atoms with van der Waals surface area (Å²) in [6.07, 6.45) is 2.49. The Morgan fingerprint density at radius 3 is 2.52 bits per heavy atom. The van der Waals surface area contributed by atoms with E-state index < -0.39 is 12.1 Å². The zero-order valence-electron chi connectivity index (χ0n) is 13.8. The first-order valence-electron chi connectivity index (χ1n) is 8.15. The van der Waals surface area contributed by atoms with Crippen LogP contribution in [0.2, 0.25) is 5.02 Å². The molecule has 0 unspecified atom stereocenters. The van der Waals surface area contributed by atoms with Gasteiger partial charge in [0.2, 0.25) is 0 Å². The van der Waals surface area contributed by atoms with Gasteiger partial charge in [0.1, 0.15) is 0 Å². The smallest absolute Gasteiger partial charge is 0.338 e. The highest BCUT2D eigenvalue weighted by Gasteiger charge is 2.30. The van der Waals surface area contributed by atoms with Gasteiger partial charge in [0.05, 0.1) is 5.56 Å². The average molecular weight is 338 g/mol. The van der Waals surface area contributed by atoms with Crippen LogP contribution in [0.4, 0.5) is 0 Å². The molecule has 0 spiro atoms. The van der Waals surface area contributed by atoms with Crippen LogP contribution in [0.1, 0.15) is 50.4 Å². The SMILES string of the molecule is C[C@@H]1[C@H](C)CCC[C@H]1NC(=O)[C@@H](C)OC(=O)c1ccc(Cl)cc1. The number of amides is 1. The number of carbonyl (C=O) groups excluding carboxylic acids is 2. The molecule has 1 aliphatic rings. The fourth-order valence-corrected chi connectivity index (χ4v) is 3.08. The molecule has 2 rings (SSSR count). The summed E-state index contributed by atoms with van der Waals surface area (Å²) >= 11 is 5.79. The Bertz CT molecular complexity index is 558. The maximum Gasteiger partial charge on any atom is 0.338 e. The standard InChI is InChI=1S/C18H24ClNO3/c1-11-5-4-6-16(12(11)2)20-17(21)13(3)23-18(22)14-7-9-15(19)10-8-14/h7-13,16H,4-6H2,1-3H3,(H,20,21)/t11-,12-,13-,16-/m1/s1. The highest BCUT2D eigenvalue weighted by Crippen LogP contribution is 2.29. The Morgan fingerprint density at radius 2 is 1.87 bits per heavy atom. The first kappa shape index (κ1) is 17.8. The second-order valence-electron chi connectivity index (χ2n) is 6.44. The summed E-state index contributed by atoms with van der Waals surface area (Å²) in [5.74, 6) is 0.278. The lowest BCUT2D eigenvalue weighted by atomic mass is 9.78. The summed E-state index contributed by atoms with van der Waals surface area (Å²) in [7, 11) is 0. The van der Waals surface area contributed by atoms with Gasteiger partial charge in [0.15, 0.2) is 6.10 Å². The van der Waals surface area contributed by atoms with Crippen molar-refractivity contribution in [1.29, 1.82) is 0 Å². The van der Waals surface area contributed by atoms with Crippen LogP contribution in [0.15, 0.2) is 24.3 Å². The van der Waals surface area contributed by atoms with Crippen molar-refractivity contribution < 1.29 is 14.3 Å². The van der Waals surface area contributed by atoms with Crippen molar-refractivity contribution in [3.63, 3.8) is 0 Å². The number of esters is 1. The predicted molar refractivity (Wildman–Crippen MR) is 90.4 cm³/mol. The number of benzene rings is 1. The molecule has 0 aromatic heterocycles. The molecule has 23 heavy (non-hydrogen) atoms. The van der Waals surface area contributed by atoms with E-state index in [2.05, 4.69) is 19.2 Å². The van der Waals surface area contributed by atoms with E-state index in [9.17, 15) is 9.59 Å². The van der Waals surface area contributed by atoms with E-state index in [1.165, 1.54) is 6.42 Å². The van der Waals surface area contributed by atoms with Crippen molar-refractivity contribution >= 4 is 23.5 Å². The van der Waals surface area contributed by atoms with Crippen molar-refractivity contribution in [3.8, 4) is 0 Å². The van der Waals surface area contributed by atoms with Crippen LogP contribution in [-0.2, 0) is 9.53 Å². The molecule has 1 fully saturated rings. The third-order valence-corrected chi connectivity index (χ3v) is 5.02. The van der Waals surface area contributed by atoms with E-state index in [1.54, 1.807) is 31.2 Å². The van der Waals surface area contributed by atoms with Gasteiger partial charge in [0, 0.05) is 11.1 Å². The Morgan fingerprint density at radius 1 is 1.22 bits per heavy atom. The van der Waals surface area contributed by atoms with Gasteiger partial charge in [-0.2, -0.15) is 0 Å². The molecule has 5 heteroatoms. The van der Waals surface area contributed by atoms with Crippen LogP contribution in [0.5, 0.6) is 0 Å². The summed E-state index contributed by atoms with van der Waals surface area (Å²) in [6, 6.07) is 6.56. The lowest BCUT2D eigenvalue weighted by Crippen LogP contribution is -2.47. The average Bonchev–Trinajstić information content (AvgIpc) is 2.52. The molecule has 126 valence electrons. The minimum Gasteiger partial charge on any atom is -0.449 e. The Labute approximate surface area is 142 Å². The van der Waals surface area contributed by atoms with E-state index in [1.807, 2.05) is 0 Å². The van der Waals surface area contributed by atoms with Gasteiger partial charge in [0.25, 0.3) is 5.91 Å². The summed E-state index contributed by atoms with van der Waals surface area (Å²) in [5.41, 5.74) is 0.383. The second-order valence-corrected chi connectivity index (χ2v) is 6.87. The van der Waals surface area contributed by atoms with Gasteiger partial charge >= 0.3 is 5.97 Å². The number of nitrogens with one attached hydrogen (secondary N) is 1. The molecule has 1 aliphatic carbocycles. The predicted octanol–water partition coefficient (Wildman–Crippen LogP) is 3.83. The van der Waals surface area contributed by atoms with E-state index >= 15 is 0 Å². The van der Waals surface area contributed by atoms with Gasteiger partial charge in [-0.3, -0.25) is 4.79 Å². The lowest BCUT2D eigenvalue weighted by molar-refractivity contribution is -0.130. The monoisotopic (exact) mass is 337 g/mol. The van der Waals surface area contributed by atoms with Crippen LogP contribution in [0.3, 0.4) is 0 Å². The van der Waals surface area contributed by atoms with Gasteiger partial charge in [-0.1, -0.05) is 38.3 Å². The number of rotatable bonds is 4. The van der Waals surface area contributed by atoms with Crippen LogP contribution in [0, 0.1) is 11.8 Å². The van der Waals surface area contributed by atoms with Crippen LogP contribution in [0.25, 0.3) is 0 Å². The lowest BCUT2D eigenvalue weighted by Gasteiger charge is -2.35. The molecule has 0 saturated heterocycles. The van der Waals surface area contributed by atoms with Crippen molar-refractivity contribution in [2.45, 2.75) is 52.2 Å². The van der Waals surface area contributed by atoms with Crippen LogP contribution < -0.4 is 5.32 Å². The molecule has 0 radical (unpaired) electrons. The summed E-state index contributed by atoms with van der Waals surface area (Å²) in [6.45, 7) is 5.98. The molecule has 0 heterocycles. The normalized spacial score (nSPS) is 25.5. The Balaban J connectivity index is 1.89. The molecule has 1 aromatic rings. The van der Waals surface area contributed by atoms with Crippen molar-refractivity contribution in [3.05, 3.63) is 34.9 Å². The molecular formula is C18H24ClNO3. The third-order valence-electron chi connectivity index (χ3n) is 4.77. The molecule has 0 bridgehead atoms. The topological polar surface area (TPSA) is 55.4 Å². The first-order valence-corrected chi connectivity index (χ1v) is 8.53. The fraction of sp³-hybridized carbons (Fsp3) is 0.556. The van der Waals surface area contributed by atoms with E-state index in [4.69, 9.17) is 16.3 Å². The van der Waals surface area contributed by atoms with E-state index in [0.717, 1.165) is 12.8 Å². The fourth-order valence-electron chi connectivity index (χ4n) is 2.95.